The smallest absolute Gasteiger partial charge is 0.0521 e. The summed E-state index contributed by atoms with van der Waals surface area (Å²) in [6, 6.07) is 0.658. The van der Waals surface area contributed by atoms with Crippen LogP contribution in [0.4, 0.5) is 0 Å². The van der Waals surface area contributed by atoms with Gasteiger partial charge in [-0.15, -0.1) is 0 Å². The van der Waals surface area contributed by atoms with Crippen LogP contribution in [0.1, 0.15) is 77.6 Å². The van der Waals surface area contributed by atoms with Crippen molar-refractivity contribution in [1.82, 2.24) is 5.32 Å². The molecule has 1 aliphatic rings. The van der Waals surface area contributed by atoms with E-state index in [1.807, 2.05) is 11.8 Å². The summed E-state index contributed by atoms with van der Waals surface area (Å²) >= 11 is 1.99. The molecular formula is C17H35NOS. The molecule has 0 aromatic rings. The maximum Gasteiger partial charge on any atom is 0.0521 e. The van der Waals surface area contributed by atoms with Crippen LogP contribution < -0.4 is 5.32 Å². The van der Waals surface area contributed by atoms with Crippen LogP contribution in [0.15, 0.2) is 0 Å². The van der Waals surface area contributed by atoms with Gasteiger partial charge in [-0.2, -0.15) is 11.8 Å². The molecule has 0 aromatic carbocycles. The molecule has 0 spiro atoms. The predicted molar refractivity (Wildman–Crippen MR) is 91.6 cm³/mol. The summed E-state index contributed by atoms with van der Waals surface area (Å²) in [5.74, 6) is 0.898. The molecule has 20 heavy (non-hydrogen) atoms. The molecule has 0 radical (unpaired) electrons. The molecule has 0 heterocycles. The lowest BCUT2D eigenvalue weighted by Crippen LogP contribution is -2.39. The minimum absolute atomic E-state index is 0.321. The van der Waals surface area contributed by atoms with E-state index in [-0.39, 0.29) is 0 Å². The lowest BCUT2D eigenvalue weighted by Gasteiger charge is -2.28. The molecule has 1 aliphatic carbocycles. The van der Waals surface area contributed by atoms with Crippen molar-refractivity contribution in [3.8, 4) is 0 Å². The first kappa shape index (κ1) is 18.3. The van der Waals surface area contributed by atoms with Gasteiger partial charge in [-0.05, 0) is 25.8 Å². The highest BCUT2D eigenvalue weighted by atomic mass is 32.2. The van der Waals surface area contributed by atoms with E-state index in [0.29, 0.717) is 17.9 Å². The molecule has 0 aromatic heterocycles. The summed E-state index contributed by atoms with van der Waals surface area (Å²) in [5, 5.41) is 13.6. The van der Waals surface area contributed by atoms with E-state index in [1.165, 1.54) is 70.6 Å². The van der Waals surface area contributed by atoms with Gasteiger partial charge in [0, 0.05) is 17.0 Å². The van der Waals surface area contributed by atoms with Crippen LogP contribution in [0.3, 0.4) is 0 Å². The van der Waals surface area contributed by atoms with E-state index in [1.54, 1.807) is 0 Å². The normalized spacial score (nSPS) is 26.7. The van der Waals surface area contributed by atoms with Crippen molar-refractivity contribution in [2.24, 2.45) is 0 Å². The van der Waals surface area contributed by atoms with Crippen molar-refractivity contribution in [2.45, 2.75) is 88.8 Å². The fraction of sp³-hybridized carbons (Fsp3) is 1.00. The maximum absolute atomic E-state index is 9.13. The van der Waals surface area contributed by atoms with Gasteiger partial charge in [0.05, 0.1) is 6.61 Å². The van der Waals surface area contributed by atoms with E-state index < -0.39 is 0 Å². The first-order valence-electron chi connectivity index (χ1n) is 8.84. The largest absolute Gasteiger partial charge is 0.396 e. The molecule has 2 atom stereocenters. The molecule has 0 saturated heterocycles. The van der Waals surface area contributed by atoms with E-state index in [4.69, 9.17) is 5.11 Å². The first-order valence-corrected chi connectivity index (χ1v) is 9.89. The summed E-state index contributed by atoms with van der Waals surface area (Å²) in [5.41, 5.74) is 0. The van der Waals surface area contributed by atoms with Gasteiger partial charge in [0.2, 0.25) is 0 Å². The van der Waals surface area contributed by atoms with Gasteiger partial charge in [-0.1, -0.05) is 58.3 Å². The van der Waals surface area contributed by atoms with Crippen LogP contribution in [-0.2, 0) is 0 Å². The Balaban J connectivity index is 2.50. The van der Waals surface area contributed by atoms with Crippen molar-refractivity contribution < 1.29 is 5.11 Å². The Morgan fingerprint density at radius 3 is 2.15 bits per heavy atom. The van der Waals surface area contributed by atoms with Crippen molar-refractivity contribution in [3.05, 3.63) is 0 Å². The molecule has 2 nitrogen and oxygen atoms in total. The Morgan fingerprint density at radius 2 is 1.55 bits per heavy atom. The van der Waals surface area contributed by atoms with Gasteiger partial charge in [0.15, 0.2) is 0 Å². The number of hydrogen-bond acceptors (Lipinski definition) is 3. The SMILES string of the molecule is CCCNC1CCCCCCCCCCC1SCCO. The molecule has 120 valence electrons. The van der Waals surface area contributed by atoms with Crippen LogP contribution in [0.25, 0.3) is 0 Å². The first-order chi connectivity index (χ1) is 9.88. The second-order valence-corrected chi connectivity index (χ2v) is 7.45. The third-order valence-electron chi connectivity index (χ3n) is 4.28. The Bertz CT molecular complexity index is 191. The molecule has 2 unspecified atom stereocenters. The lowest BCUT2D eigenvalue weighted by atomic mass is 9.97. The van der Waals surface area contributed by atoms with Crippen molar-refractivity contribution in [2.75, 3.05) is 18.9 Å². The van der Waals surface area contributed by atoms with Crippen molar-refractivity contribution >= 4 is 11.8 Å². The average molecular weight is 302 g/mol. The molecule has 0 amide bonds. The fourth-order valence-corrected chi connectivity index (χ4v) is 4.33. The highest BCUT2D eigenvalue weighted by Gasteiger charge is 2.20. The molecule has 1 fully saturated rings. The van der Waals surface area contributed by atoms with Gasteiger partial charge in [0.25, 0.3) is 0 Å². The quantitative estimate of drug-likeness (QED) is 0.764. The summed E-state index contributed by atoms with van der Waals surface area (Å²) in [4.78, 5) is 0. The molecule has 1 saturated carbocycles. The molecule has 1 rings (SSSR count). The van der Waals surface area contributed by atoms with Crippen LogP contribution >= 0.6 is 11.8 Å². The van der Waals surface area contributed by atoms with Crippen LogP contribution in [-0.4, -0.2) is 35.3 Å². The summed E-state index contributed by atoms with van der Waals surface area (Å²) in [6.45, 7) is 3.71. The van der Waals surface area contributed by atoms with Gasteiger partial charge in [-0.25, -0.2) is 0 Å². The number of aliphatic hydroxyl groups excluding tert-OH is 1. The standard InChI is InChI=1S/C17H35NOS/c1-2-13-18-16-11-9-7-5-3-4-6-8-10-12-17(16)20-15-14-19/h16-19H,2-15H2,1H3. The van der Waals surface area contributed by atoms with Gasteiger partial charge >= 0.3 is 0 Å². The monoisotopic (exact) mass is 301 g/mol. The molecule has 0 aliphatic heterocycles. The number of thioether (sulfide) groups is 1. The molecule has 3 heteroatoms. The third kappa shape index (κ3) is 8.53. The predicted octanol–water partition coefficient (Wildman–Crippen LogP) is 4.36. The zero-order chi connectivity index (χ0) is 14.5. The fourth-order valence-electron chi connectivity index (χ4n) is 3.12. The Kier molecular flexibility index (Phi) is 11.9. The Morgan fingerprint density at radius 1 is 0.950 bits per heavy atom. The van der Waals surface area contributed by atoms with Gasteiger partial charge in [-0.3, -0.25) is 0 Å². The van der Waals surface area contributed by atoms with Crippen LogP contribution in [0.2, 0.25) is 0 Å². The zero-order valence-electron chi connectivity index (χ0n) is 13.4. The molecule has 2 N–H and O–H groups in total. The average Bonchev–Trinajstić information content (AvgIpc) is 2.45. The summed E-state index contributed by atoms with van der Waals surface area (Å²) in [6.07, 6.45) is 15.1. The maximum atomic E-state index is 9.13. The second-order valence-electron chi connectivity index (χ2n) is 6.10. The number of rotatable bonds is 6. The molecular weight excluding hydrogens is 266 g/mol. The highest BCUT2D eigenvalue weighted by Crippen LogP contribution is 2.26. The summed E-state index contributed by atoms with van der Waals surface area (Å²) in [7, 11) is 0. The number of hydrogen-bond donors (Lipinski definition) is 2. The van der Waals surface area contributed by atoms with Gasteiger partial charge < -0.3 is 10.4 Å². The Hall–Kier alpha value is 0.270. The van der Waals surface area contributed by atoms with Gasteiger partial charge in [0.1, 0.15) is 0 Å². The minimum Gasteiger partial charge on any atom is -0.396 e. The second kappa shape index (κ2) is 13.0. The Labute approximate surface area is 130 Å². The van der Waals surface area contributed by atoms with E-state index in [2.05, 4.69) is 12.2 Å². The topological polar surface area (TPSA) is 32.3 Å². The minimum atomic E-state index is 0.321. The number of aliphatic hydroxyl groups is 1. The van der Waals surface area contributed by atoms with Crippen LogP contribution in [0.5, 0.6) is 0 Å². The van der Waals surface area contributed by atoms with Crippen LogP contribution in [0, 0.1) is 0 Å². The van der Waals surface area contributed by atoms with E-state index in [0.717, 1.165) is 12.3 Å². The third-order valence-corrected chi connectivity index (χ3v) is 5.69. The number of nitrogens with one attached hydrogen (secondary N) is 1. The van der Waals surface area contributed by atoms with E-state index >= 15 is 0 Å². The summed E-state index contributed by atoms with van der Waals surface area (Å²) < 4.78 is 0. The zero-order valence-corrected chi connectivity index (χ0v) is 14.2. The van der Waals surface area contributed by atoms with Crippen molar-refractivity contribution in [3.63, 3.8) is 0 Å². The molecule has 0 bridgehead atoms. The van der Waals surface area contributed by atoms with E-state index in [9.17, 15) is 0 Å². The lowest BCUT2D eigenvalue weighted by molar-refractivity contribution is 0.322. The highest BCUT2D eigenvalue weighted by molar-refractivity contribution is 7.99. The van der Waals surface area contributed by atoms with Crippen molar-refractivity contribution in [1.29, 1.82) is 0 Å².